The number of rotatable bonds is 11. The van der Waals surface area contributed by atoms with E-state index >= 15 is 0 Å². The Morgan fingerprint density at radius 3 is 2.56 bits per heavy atom. The number of benzene rings is 1. The minimum atomic E-state index is 0.423. The van der Waals surface area contributed by atoms with E-state index in [1.807, 2.05) is 32.9 Å². The monoisotopic (exact) mass is 431 g/mol. The summed E-state index contributed by atoms with van der Waals surface area (Å²) < 4.78 is 12.3. The van der Waals surface area contributed by atoms with Gasteiger partial charge in [-0.3, -0.25) is 0 Å². The first kappa shape index (κ1) is 21.8. The lowest BCUT2D eigenvalue weighted by Crippen LogP contribution is -2.04. The Balaban J connectivity index is 2.53. The number of ether oxygens (including phenoxy) is 2. The standard InChI is InChI=1S/C19H27BrClNO3/c1-5-16-13-17(23-11-8-18(20)21)12-15(4)19(16)24-9-6-7-10-25-22-14(2)3/h8,12-13H,5-7,9-11H2,1-4H3/b18-8+. The van der Waals surface area contributed by atoms with Crippen molar-refractivity contribution >= 4 is 33.2 Å². The number of nitrogens with zero attached hydrogens (tertiary/aromatic N) is 1. The average molecular weight is 433 g/mol. The highest BCUT2D eigenvalue weighted by molar-refractivity contribution is 9.12. The fraction of sp³-hybridized carbons (Fsp3) is 0.526. The van der Waals surface area contributed by atoms with Crippen molar-refractivity contribution < 1.29 is 14.3 Å². The second-order valence-electron chi connectivity index (χ2n) is 5.81. The molecule has 0 atom stereocenters. The van der Waals surface area contributed by atoms with Crippen LogP contribution in [0.4, 0.5) is 0 Å². The van der Waals surface area contributed by atoms with Crippen LogP contribution in [0, 0.1) is 6.92 Å². The zero-order valence-corrected chi connectivity index (χ0v) is 17.7. The van der Waals surface area contributed by atoms with Gasteiger partial charge in [0.25, 0.3) is 0 Å². The molecule has 0 aromatic heterocycles. The summed E-state index contributed by atoms with van der Waals surface area (Å²) in [4.78, 5) is 5.18. The van der Waals surface area contributed by atoms with Crippen molar-refractivity contribution in [3.05, 3.63) is 33.3 Å². The van der Waals surface area contributed by atoms with E-state index < -0.39 is 0 Å². The summed E-state index contributed by atoms with van der Waals surface area (Å²) in [5.41, 5.74) is 3.15. The number of hydrogen-bond acceptors (Lipinski definition) is 4. The van der Waals surface area contributed by atoms with E-state index in [0.717, 1.165) is 47.6 Å². The van der Waals surface area contributed by atoms with Gasteiger partial charge in [-0.25, -0.2) is 0 Å². The van der Waals surface area contributed by atoms with Crippen LogP contribution in [0.5, 0.6) is 11.5 Å². The maximum Gasteiger partial charge on any atom is 0.125 e. The van der Waals surface area contributed by atoms with Gasteiger partial charge >= 0.3 is 0 Å². The second kappa shape index (κ2) is 12.2. The van der Waals surface area contributed by atoms with Crippen molar-refractivity contribution in [2.24, 2.45) is 5.16 Å². The molecule has 0 saturated heterocycles. The lowest BCUT2D eigenvalue weighted by molar-refractivity contribution is 0.135. The number of aryl methyl sites for hydroxylation is 2. The molecule has 0 radical (unpaired) electrons. The molecule has 140 valence electrons. The minimum absolute atomic E-state index is 0.423. The summed E-state index contributed by atoms with van der Waals surface area (Å²) in [7, 11) is 0. The lowest BCUT2D eigenvalue weighted by atomic mass is 10.1. The molecular formula is C19H27BrClNO3. The minimum Gasteiger partial charge on any atom is -0.493 e. The summed E-state index contributed by atoms with van der Waals surface area (Å²) >= 11 is 8.91. The molecule has 0 amide bonds. The van der Waals surface area contributed by atoms with Gasteiger partial charge in [-0.05, 0) is 85.3 Å². The summed E-state index contributed by atoms with van der Waals surface area (Å²) in [6, 6.07) is 4.02. The van der Waals surface area contributed by atoms with Crippen LogP contribution < -0.4 is 9.47 Å². The Morgan fingerprint density at radius 1 is 1.20 bits per heavy atom. The van der Waals surface area contributed by atoms with Gasteiger partial charge < -0.3 is 14.3 Å². The van der Waals surface area contributed by atoms with Crippen LogP contribution in [0.15, 0.2) is 27.3 Å². The van der Waals surface area contributed by atoms with Crippen LogP contribution in [0.1, 0.15) is 44.7 Å². The summed E-state index contributed by atoms with van der Waals surface area (Å²) in [6.45, 7) is 9.67. The Morgan fingerprint density at radius 2 is 1.92 bits per heavy atom. The van der Waals surface area contributed by atoms with Crippen LogP contribution in [0.25, 0.3) is 0 Å². The van der Waals surface area contributed by atoms with Crippen LogP contribution >= 0.6 is 27.5 Å². The van der Waals surface area contributed by atoms with Crippen molar-refractivity contribution in [3.63, 3.8) is 0 Å². The van der Waals surface area contributed by atoms with Gasteiger partial charge in [0, 0.05) is 0 Å². The maximum atomic E-state index is 6.00. The molecule has 0 aliphatic carbocycles. The number of hydrogen-bond donors (Lipinski definition) is 0. The molecule has 0 aliphatic rings. The van der Waals surface area contributed by atoms with Crippen molar-refractivity contribution in [2.45, 2.75) is 47.0 Å². The Hall–Kier alpha value is -1.20. The van der Waals surface area contributed by atoms with E-state index in [1.165, 1.54) is 0 Å². The molecule has 0 N–H and O–H groups in total. The highest BCUT2D eigenvalue weighted by Crippen LogP contribution is 2.30. The smallest absolute Gasteiger partial charge is 0.125 e. The Bertz CT molecular complexity index is 595. The van der Waals surface area contributed by atoms with Crippen LogP contribution in [0.2, 0.25) is 0 Å². The van der Waals surface area contributed by atoms with Gasteiger partial charge in [0.1, 0.15) is 24.7 Å². The molecule has 0 spiro atoms. The normalized spacial score (nSPS) is 11.2. The summed E-state index contributed by atoms with van der Waals surface area (Å²) in [5, 5.41) is 3.91. The molecule has 0 heterocycles. The molecule has 1 rings (SSSR count). The molecule has 6 heteroatoms. The molecule has 25 heavy (non-hydrogen) atoms. The summed E-state index contributed by atoms with van der Waals surface area (Å²) in [5.74, 6) is 1.77. The third kappa shape index (κ3) is 9.17. The number of unbranched alkanes of at least 4 members (excludes halogenated alkanes) is 1. The number of oxime groups is 1. The highest BCUT2D eigenvalue weighted by atomic mass is 79.9. The molecule has 1 aromatic carbocycles. The van der Waals surface area contributed by atoms with Crippen LogP contribution in [-0.4, -0.2) is 25.5 Å². The molecule has 0 aliphatic heterocycles. The first-order valence-corrected chi connectivity index (χ1v) is 9.64. The van der Waals surface area contributed by atoms with Gasteiger partial charge in [0.2, 0.25) is 0 Å². The average Bonchev–Trinajstić information content (AvgIpc) is 2.54. The topological polar surface area (TPSA) is 40.0 Å². The SMILES string of the molecule is CCc1cc(OC/C=C(/Cl)Br)cc(C)c1OCCCCON=C(C)C. The van der Waals surface area contributed by atoms with E-state index in [0.29, 0.717) is 23.8 Å². The molecule has 1 aromatic rings. The maximum absolute atomic E-state index is 6.00. The van der Waals surface area contributed by atoms with Crippen molar-refractivity contribution in [3.8, 4) is 11.5 Å². The van der Waals surface area contributed by atoms with Crippen LogP contribution in [0.3, 0.4) is 0 Å². The van der Waals surface area contributed by atoms with E-state index in [9.17, 15) is 0 Å². The van der Waals surface area contributed by atoms with Crippen molar-refractivity contribution in [1.82, 2.24) is 0 Å². The molecule has 4 nitrogen and oxygen atoms in total. The largest absolute Gasteiger partial charge is 0.493 e. The van der Waals surface area contributed by atoms with E-state index in [2.05, 4.69) is 28.0 Å². The second-order valence-corrected chi connectivity index (χ2v) is 7.53. The molecule has 0 fully saturated rings. The fourth-order valence-corrected chi connectivity index (χ4v) is 2.38. The zero-order chi connectivity index (χ0) is 18.7. The van der Waals surface area contributed by atoms with E-state index in [1.54, 1.807) is 6.08 Å². The summed E-state index contributed by atoms with van der Waals surface area (Å²) in [6.07, 6.45) is 4.49. The van der Waals surface area contributed by atoms with E-state index in [-0.39, 0.29) is 0 Å². The quantitative estimate of drug-likeness (QED) is 0.245. The molecule has 0 saturated carbocycles. The molecular weight excluding hydrogens is 406 g/mol. The van der Waals surface area contributed by atoms with Crippen molar-refractivity contribution in [1.29, 1.82) is 0 Å². The van der Waals surface area contributed by atoms with Crippen LogP contribution in [-0.2, 0) is 11.3 Å². The van der Waals surface area contributed by atoms with Gasteiger partial charge in [-0.15, -0.1) is 0 Å². The fourth-order valence-electron chi connectivity index (χ4n) is 2.18. The van der Waals surface area contributed by atoms with Gasteiger partial charge in [-0.1, -0.05) is 23.7 Å². The van der Waals surface area contributed by atoms with Gasteiger partial charge in [-0.2, -0.15) is 0 Å². The molecule has 0 bridgehead atoms. The first-order valence-electron chi connectivity index (χ1n) is 8.47. The Kier molecular flexibility index (Phi) is 10.7. The number of halogens is 2. The third-order valence-electron chi connectivity index (χ3n) is 3.32. The predicted octanol–water partition coefficient (Wildman–Crippen LogP) is 5.98. The first-order chi connectivity index (χ1) is 11.9. The van der Waals surface area contributed by atoms with Gasteiger partial charge in [0.05, 0.1) is 16.3 Å². The highest BCUT2D eigenvalue weighted by Gasteiger charge is 2.09. The zero-order valence-electron chi connectivity index (χ0n) is 15.4. The third-order valence-corrected chi connectivity index (χ3v) is 3.80. The lowest BCUT2D eigenvalue weighted by Gasteiger charge is -2.15. The molecule has 0 unspecified atom stereocenters. The Labute approximate surface area is 164 Å². The van der Waals surface area contributed by atoms with Gasteiger partial charge in [0.15, 0.2) is 0 Å². The van der Waals surface area contributed by atoms with E-state index in [4.69, 9.17) is 25.9 Å². The predicted molar refractivity (Wildman–Crippen MR) is 108 cm³/mol. The van der Waals surface area contributed by atoms with Crippen molar-refractivity contribution in [2.75, 3.05) is 19.8 Å².